The number of hydrogen-bond acceptors (Lipinski definition) is 3. The molecule has 1 N–H and O–H groups in total. The quantitative estimate of drug-likeness (QED) is 0.811. The molecule has 78 valence electrons. The Kier molecular flexibility index (Phi) is 3.21. The van der Waals surface area contributed by atoms with Crippen LogP contribution in [0.25, 0.3) is 0 Å². The summed E-state index contributed by atoms with van der Waals surface area (Å²) in [5.41, 5.74) is 1.31. The second-order valence-electron chi connectivity index (χ2n) is 4.12. The number of hydrogen-bond donors (Lipinski definition) is 1. The van der Waals surface area contributed by atoms with Crippen molar-refractivity contribution in [3.05, 3.63) is 22.4 Å². The number of nitrogens with one attached hydrogen (secondary N) is 1. The Hall–Kier alpha value is -0.380. The van der Waals surface area contributed by atoms with Gasteiger partial charge in [-0.3, -0.25) is 0 Å². The summed E-state index contributed by atoms with van der Waals surface area (Å²) in [7, 11) is 0. The zero-order valence-electron chi connectivity index (χ0n) is 8.69. The summed E-state index contributed by atoms with van der Waals surface area (Å²) in [5, 5.41) is 7.72. The van der Waals surface area contributed by atoms with Gasteiger partial charge in [-0.15, -0.1) is 0 Å². The highest BCUT2D eigenvalue weighted by Crippen LogP contribution is 2.25. The van der Waals surface area contributed by atoms with Crippen molar-refractivity contribution < 1.29 is 4.74 Å². The zero-order valence-corrected chi connectivity index (χ0v) is 9.51. The van der Waals surface area contributed by atoms with Crippen LogP contribution in [0.4, 0.5) is 0 Å². The van der Waals surface area contributed by atoms with E-state index >= 15 is 0 Å². The van der Waals surface area contributed by atoms with Crippen molar-refractivity contribution in [1.82, 2.24) is 5.32 Å². The van der Waals surface area contributed by atoms with Gasteiger partial charge in [0.2, 0.25) is 0 Å². The number of rotatable bonds is 2. The number of morpholine rings is 1. The normalized spacial score (nSPS) is 28.2. The molecule has 1 aromatic rings. The molecule has 1 aromatic heterocycles. The lowest BCUT2D eigenvalue weighted by atomic mass is 10.0. The summed E-state index contributed by atoms with van der Waals surface area (Å²) >= 11 is 1.74. The summed E-state index contributed by atoms with van der Waals surface area (Å²) < 4.78 is 6.04. The Morgan fingerprint density at radius 1 is 1.50 bits per heavy atom. The molecule has 14 heavy (non-hydrogen) atoms. The van der Waals surface area contributed by atoms with Crippen molar-refractivity contribution in [2.75, 3.05) is 13.1 Å². The fraction of sp³-hybridized carbons (Fsp3) is 0.636. The fourth-order valence-corrected chi connectivity index (χ4v) is 2.41. The van der Waals surface area contributed by atoms with Gasteiger partial charge in [-0.25, -0.2) is 0 Å². The van der Waals surface area contributed by atoms with Crippen LogP contribution in [0.15, 0.2) is 16.8 Å². The second kappa shape index (κ2) is 4.43. The van der Waals surface area contributed by atoms with Gasteiger partial charge in [-0.1, -0.05) is 13.8 Å². The highest BCUT2D eigenvalue weighted by atomic mass is 32.1. The molecule has 1 aliphatic heterocycles. The SMILES string of the molecule is CC(C)C1CNCC(c2ccsc2)O1. The van der Waals surface area contributed by atoms with Gasteiger partial charge < -0.3 is 10.1 Å². The number of thiophene rings is 1. The van der Waals surface area contributed by atoms with E-state index in [1.807, 2.05) is 0 Å². The van der Waals surface area contributed by atoms with E-state index in [9.17, 15) is 0 Å². The van der Waals surface area contributed by atoms with E-state index in [-0.39, 0.29) is 6.10 Å². The third-order valence-corrected chi connectivity index (χ3v) is 3.37. The van der Waals surface area contributed by atoms with Crippen LogP contribution in [-0.4, -0.2) is 19.2 Å². The Balaban J connectivity index is 2.01. The van der Waals surface area contributed by atoms with Gasteiger partial charge in [-0.05, 0) is 28.3 Å². The molecule has 2 nitrogen and oxygen atoms in total. The third kappa shape index (κ3) is 2.16. The maximum Gasteiger partial charge on any atom is 0.0961 e. The topological polar surface area (TPSA) is 21.3 Å². The monoisotopic (exact) mass is 211 g/mol. The van der Waals surface area contributed by atoms with E-state index in [0.717, 1.165) is 13.1 Å². The van der Waals surface area contributed by atoms with Gasteiger partial charge in [-0.2, -0.15) is 11.3 Å². The lowest BCUT2D eigenvalue weighted by molar-refractivity contribution is -0.0601. The molecular formula is C11H17NOS. The Morgan fingerprint density at radius 3 is 3.00 bits per heavy atom. The molecule has 0 amide bonds. The maximum absolute atomic E-state index is 6.04. The standard InChI is InChI=1S/C11H17NOS/c1-8(2)10-5-12-6-11(13-10)9-3-4-14-7-9/h3-4,7-8,10-12H,5-6H2,1-2H3. The van der Waals surface area contributed by atoms with Crippen molar-refractivity contribution >= 4 is 11.3 Å². The van der Waals surface area contributed by atoms with E-state index in [2.05, 4.69) is 36.0 Å². The smallest absolute Gasteiger partial charge is 0.0961 e. The van der Waals surface area contributed by atoms with Crippen LogP contribution in [0.5, 0.6) is 0 Å². The molecule has 2 heterocycles. The predicted molar refractivity (Wildman–Crippen MR) is 59.6 cm³/mol. The molecule has 1 saturated heterocycles. The predicted octanol–water partition coefficient (Wildman–Crippen LogP) is 2.43. The summed E-state index contributed by atoms with van der Waals surface area (Å²) in [4.78, 5) is 0. The van der Waals surface area contributed by atoms with Crippen molar-refractivity contribution in [1.29, 1.82) is 0 Å². The molecule has 2 rings (SSSR count). The van der Waals surface area contributed by atoms with E-state index in [0.29, 0.717) is 12.0 Å². The number of ether oxygens (including phenoxy) is 1. The summed E-state index contributed by atoms with van der Waals surface area (Å²) in [6, 6.07) is 2.15. The van der Waals surface area contributed by atoms with Gasteiger partial charge in [0.05, 0.1) is 12.2 Å². The molecule has 1 aliphatic rings. The Morgan fingerprint density at radius 2 is 2.36 bits per heavy atom. The first kappa shape index (κ1) is 10.1. The van der Waals surface area contributed by atoms with Crippen LogP contribution in [0.1, 0.15) is 25.5 Å². The summed E-state index contributed by atoms with van der Waals surface area (Å²) in [6.07, 6.45) is 0.607. The maximum atomic E-state index is 6.04. The average Bonchev–Trinajstić information content (AvgIpc) is 2.71. The highest BCUT2D eigenvalue weighted by Gasteiger charge is 2.25. The molecule has 2 atom stereocenters. The first-order chi connectivity index (χ1) is 6.77. The average molecular weight is 211 g/mol. The molecule has 3 heteroatoms. The van der Waals surface area contributed by atoms with Crippen LogP contribution in [0.2, 0.25) is 0 Å². The second-order valence-corrected chi connectivity index (χ2v) is 4.90. The van der Waals surface area contributed by atoms with Crippen molar-refractivity contribution in [3.63, 3.8) is 0 Å². The molecule has 0 saturated carbocycles. The first-order valence-corrected chi connectivity index (χ1v) is 6.10. The Labute approximate surface area is 89.3 Å². The van der Waals surface area contributed by atoms with Crippen LogP contribution in [0, 0.1) is 5.92 Å². The van der Waals surface area contributed by atoms with E-state index in [1.54, 1.807) is 11.3 Å². The lowest BCUT2D eigenvalue weighted by Gasteiger charge is -2.32. The van der Waals surface area contributed by atoms with Gasteiger partial charge in [0.15, 0.2) is 0 Å². The van der Waals surface area contributed by atoms with Crippen molar-refractivity contribution in [2.45, 2.75) is 26.1 Å². The minimum atomic E-state index is 0.252. The summed E-state index contributed by atoms with van der Waals surface area (Å²) in [5.74, 6) is 0.587. The van der Waals surface area contributed by atoms with Crippen molar-refractivity contribution in [2.24, 2.45) is 5.92 Å². The van der Waals surface area contributed by atoms with Gasteiger partial charge >= 0.3 is 0 Å². The van der Waals surface area contributed by atoms with E-state index < -0.39 is 0 Å². The minimum absolute atomic E-state index is 0.252. The van der Waals surface area contributed by atoms with Crippen LogP contribution >= 0.6 is 11.3 Å². The fourth-order valence-electron chi connectivity index (χ4n) is 1.71. The molecule has 0 spiro atoms. The van der Waals surface area contributed by atoms with Crippen LogP contribution in [0.3, 0.4) is 0 Å². The highest BCUT2D eigenvalue weighted by molar-refractivity contribution is 7.07. The zero-order chi connectivity index (χ0) is 9.97. The van der Waals surface area contributed by atoms with Crippen LogP contribution in [-0.2, 0) is 4.74 Å². The molecule has 0 aromatic carbocycles. The van der Waals surface area contributed by atoms with Crippen molar-refractivity contribution in [3.8, 4) is 0 Å². The molecule has 0 radical (unpaired) electrons. The molecule has 1 fully saturated rings. The van der Waals surface area contributed by atoms with E-state index in [1.165, 1.54) is 5.56 Å². The lowest BCUT2D eigenvalue weighted by Crippen LogP contribution is -2.42. The molecule has 2 unspecified atom stereocenters. The van der Waals surface area contributed by atoms with Gasteiger partial charge in [0.25, 0.3) is 0 Å². The minimum Gasteiger partial charge on any atom is -0.367 e. The van der Waals surface area contributed by atoms with Crippen LogP contribution < -0.4 is 5.32 Å². The molecule has 0 aliphatic carbocycles. The van der Waals surface area contributed by atoms with E-state index in [4.69, 9.17) is 4.74 Å². The van der Waals surface area contributed by atoms with Gasteiger partial charge in [0.1, 0.15) is 0 Å². The third-order valence-electron chi connectivity index (χ3n) is 2.67. The Bertz CT molecular complexity index is 271. The summed E-state index contributed by atoms with van der Waals surface area (Å²) in [6.45, 7) is 6.35. The molecule has 0 bridgehead atoms. The molecular weight excluding hydrogens is 194 g/mol. The first-order valence-electron chi connectivity index (χ1n) is 5.15. The largest absolute Gasteiger partial charge is 0.367 e. The van der Waals surface area contributed by atoms with Gasteiger partial charge in [0, 0.05) is 13.1 Å².